The van der Waals surface area contributed by atoms with Gasteiger partial charge in [0.05, 0.1) is 5.92 Å². The van der Waals surface area contributed by atoms with Gasteiger partial charge in [0.15, 0.2) is 5.78 Å². The fraction of sp³-hybridized carbons (Fsp3) is 0.235. The first kappa shape index (κ1) is 14.9. The van der Waals surface area contributed by atoms with Gasteiger partial charge in [-0.3, -0.25) is 14.9 Å². The van der Waals surface area contributed by atoms with Crippen LogP contribution >= 0.6 is 0 Å². The van der Waals surface area contributed by atoms with Crippen molar-refractivity contribution < 1.29 is 9.72 Å². The predicted octanol–water partition coefficient (Wildman–Crippen LogP) is 3.63. The highest BCUT2D eigenvalue weighted by Gasteiger charge is 2.22. The van der Waals surface area contributed by atoms with Gasteiger partial charge in [0, 0.05) is 16.9 Å². The molecule has 4 heteroatoms. The SMILES string of the molecule is Cc1ccccc1C(=O)CC(C[N+](=O)[O-])c1ccccc1. The summed E-state index contributed by atoms with van der Waals surface area (Å²) in [4.78, 5) is 22.9. The van der Waals surface area contributed by atoms with Crippen LogP contribution in [-0.4, -0.2) is 17.3 Å². The van der Waals surface area contributed by atoms with Gasteiger partial charge in [0.25, 0.3) is 0 Å². The molecule has 2 rings (SSSR count). The summed E-state index contributed by atoms with van der Waals surface area (Å²) in [7, 11) is 0. The maximum atomic E-state index is 12.4. The minimum atomic E-state index is -0.395. The molecule has 2 aromatic rings. The molecule has 0 aliphatic heterocycles. The van der Waals surface area contributed by atoms with Gasteiger partial charge in [0.1, 0.15) is 0 Å². The van der Waals surface area contributed by atoms with Gasteiger partial charge in [0.2, 0.25) is 6.54 Å². The van der Waals surface area contributed by atoms with Crippen molar-refractivity contribution in [1.82, 2.24) is 0 Å². The summed E-state index contributed by atoms with van der Waals surface area (Å²) < 4.78 is 0. The lowest BCUT2D eigenvalue weighted by Gasteiger charge is -2.13. The van der Waals surface area contributed by atoms with Gasteiger partial charge in [-0.15, -0.1) is 0 Å². The molecule has 0 amide bonds. The van der Waals surface area contributed by atoms with E-state index in [2.05, 4.69) is 0 Å². The van der Waals surface area contributed by atoms with E-state index in [1.54, 1.807) is 6.07 Å². The van der Waals surface area contributed by atoms with Gasteiger partial charge in [-0.2, -0.15) is 0 Å². The lowest BCUT2D eigenvalue weighted by atomic mass is 9.90. The number of carbonyl (C=O) groups excluding carboxylic acids is 1. The molecular formula is C17H17NO3. The molecule has 0 aliphatic rings. The van der Waals surface area contributed by atoms with Crippen LogP contribution in [0.1, 0.15) is 33.8 Å². The lowest BCUT2D eigenvalue weighted by molar-refractivity contribution is -0.483. The van der Waals surface area contributed by atoms with Gasteiger partial charge in [-0.25, -0.2) is 0 Å². The van der Waals surface area contributed by atoms with Crippen LogP contribution in [0.25, 0.3) is 0 Å². The first-order valence-electron chi connectivity index (χ1n) is 6.83. The van der Waals surface area contributed by atoms with Gasteiger partial charge in [-0.05, 0) is 18.1 Å². The number of nitrogens with zero attached hydrogens (tertiary/aromatic N) is 1. The van der Waals surface area contributed by atoms with Crippen LogP contribution in [0.3, 0.4) is 0 Å². The molecule has 0 N–H and O–H groups in total. The molecule has 0 bridgehead atoms. The summed E-state index contributed by atoms with van der Waals surface area (Å²) in [5, 5.41) is 10.9. The quantitative estimate of drug-likeness (QED) is 0.462. The van der Waals surface area contributed by atoms with Gasteiger partial charge in [-0.1, -0.05) is 54.6 Å². The zero-order chi connectivity index (χ0) is 15.2. The van der Waals surface area contributed by atoms with Crippen LogP contribution in [0.15, 0.2) is 54.6 Å². The summed E-state index contributed by atoms with van der Waals surface area (Å²) in [6.45, 7) is 1.64. The summed E-state index contributed by atoms with van der Waals surface area (Å²) in [6, 6.07) is 16.5. The van der Waals surface area contributed by atoms with Crippen LogP contribution in [-0.2, 0) is 0 Å². The van der Waals surface area contributed by atoms with Crippen molar-refractivity contribution in [1.29, 1.82) is 0 Å². The van der Waals surface area contributed by atoms with E-state index in [1.807, 2.05) is 55.5 Å². The second-order valence-electron chi connectivity index (χ2n) is 5.07. The Morgan fingerprint density at radius 3 is 2.33 bits per heavy atom. The van der Waals surface area contributed by atoms with E-state index in [1.165, 1.54) is 0 Å². The van der Waals surface area contributed by atoms with E-state index in [4.69, 9.17) is 0 Å². The molecule has 4 nitrogen and oxygen atoms in total. The van der Waals surface area contributed by atoms with Crippen molar-refractivity contribution in [3.63, 3.8) is 0 Å². The number of aryl methyl sites for hydroxylation is 1. The van der Waals surface area contributed by atoms with Gasteiger partial charge < -0.3 is 0 Å². The molecule has 0 heterocycles. The Morgan fingerprint density at radius 2 is 1.71 bits per heavy atom. The Hall–Kier alpha value is -2.49. The fourth-order valence-corrected chi connectivity index (χ4v) is 2.41. The van der Waals surface area contributed by atoms with Crippen molar-refractivity contribution in [2.45, 2.75) is 19.3 Å². The maximum absolute atomic E-state index is 12.4. The normalized spacial score (nSPS) is 11.9. The highest BCUT2D eigenvalue weighted by Crippen LogP contribution is 2.23. The highest BCUT2D eigenvalue weighted by atomic mass is 16.6. The third-order valence-electron chi connectivity index (χ3n) is 3.52. The second-order valence-corrected chi connectivity index (χ2v) is 5.07. The molecule has 2 aromatic carbocycles. The van der Waals surface area contributed by atoms with Crippen molar-refractivity contribution in [2.24, 2.45) is 0 Å². The lowest BCUT2D eigenvalue weighted by Crippen LogP contribution is -2.17. The summed E-state index contributed by atoms with van der Waals surface area (Å²) in [6.07, 6.45) is 0.149. The summed E-state index contributed by atoms with van der Waals surface area (Å²) in [5.74, 6) is -0.447. The molecule has 0 aliphatic carbocycles. The Balaban J connectivity index is 2.21. The highest BCUT2D eigenvalue weighted by molar-refractivity contribution is 5.97. The minimum Gasteiger partial charge on any atom is -0.294 e. The van der Waals surface area contributed by atoms with E-state index >= 15 is 0 Å². The van der Waals surface area contributed by atoms with Crippen LogP contribution in [0, 0.1) is 17.0 Å². The average molecular weight is 283 g/mol. The van der Waals surface area contributed by atoms with E-state index in [0.717, 1.165) is 11.1 Å². The number of ketones is 1. The molecule has 0 saturated carbocycles. The number of carbonyl (C=O) groups is 1. The number of benzene rings is 2. The molecule has 1 unspecified atom stereocenters. The van der Waals surface area contributed by atoms with Crippen LogP contribution < -0.4 is 0 Å². The first-order chi connectivity index (χ1) is 10.1. The van der Waals surface area contributed by atoms with Crippen LogP contribution in [0.2, 0.25) is 0 Å². The largest absolute Gasteiger partial charge is 0.294 e. The van der Waals surface area contributed by atoms with E-state index in [9.17, 15) is 14.9 Å². The third-order valence-corrected chi connectivity index (χ3v) is 3.52. The number of rotatable bonds is 6. The molecule has 0 fully saturated rings. The monoisotopic (exact) mass is 283 g/mol. The van der Waals surface area contributed by atoms with Crippen molar-refractivity contribution in [3.05, 3.63) is 81.4 Å². The molecule has 0 radical (unpaired) electrons. The summed E-state index contributed by atoms with van der Waals surface area (Å²) in [5.41, 5.74) is 2.37. The zero-order valence-electron chi connectivity index (χ0n) is 11.9. The standard InChI is InChI=1S/C17H17NO3/c1-13-7-5-6-10-16(13)17(19)11-15(12-18(20)21)14-8-3-2-4-9-14/h2-10,15H,11-12H2,1H3. The first-order valence-corrected chi connectivity index (χ1v) is 6.83. The van der Waals surface area contributed by atoms with E-state index in [-0.39, 0.29) is 23.7 Å². The van der Waals surface area contributed by atoms with E-state index in [0.29, 0.717) is 5.56 Å². The molecule has 0 aromatic heterocycles. The molecular weight excluding hydrogens is 266 g/mol. The molecule has 1 atom stereocenters. The molecule has 0 spiro atoms. The van der Waals surface area contributed by atoms with Crippen molar-refractivity contribution in [2.75, 3.05) is 6.54 Å². The van der Waals surface area contributed by atoms with E-state index < -0.39 is 5.92 Å². The second kappa shape index (κ2) is 6.79. The zero-order valence-corrected chi connectivity index (χ0v) is 11.9. The predicted molar refractivity (Wildman–Crippen MR) is 81.2 cm³/mol. The Bertz CT molecular complexity index is 637. The number of nitro groups is 1. The van der Waals surface area contributed by atoms with Crippen LogP contribution in [0.4, 0.5) is 0 Å². The van der Waals surface area contributed by atoms with Crippen LogP contribution in [0.5, 0.6) is 0 Å². The van der Waals surface area contributed by atoms with Gasteiger partial charge >= 0.3 is 0 Å². The van der Waals surface area contributed by atoms with Crippen molar-refractivity contribution >= 4 is 5.78 Å². The fourth-order valence-electron chi connectivity index (χ4n) is 2.41. The Kier molecular flexibility index (Phi) is 4.82. The third kappa shape index (κ3) is 3.99. The topological polar surface area (TPSA) is 60.2 Å². The maximum Gasteiger partial charge on any atom is 0.211 e. The molecule has 108 valence electrons. The molecule has 0 saturated heterocycles. The number of hydrogen-bond donors (Lipinski definition) is 0. The smallest absolute Gasteiger partial charge is 0.211 e. The van der Waals surface area contributed by atoms with Crippen molar-refractivity contribution in [3.8, 4) is 0 Å². The Labute approximate surface area is 123 Å². The number of hydrogen-bond acceptors (Lipinski definition) is 3. The average Bonchev–Trinajstić information content (AvgIpc) is 2.47. The minimum absolute atomic E-state index is 0.0520. The number of Topliss-reactive ketones (excluding diaryl/α,β-unsaturated/α-hetero) is 1. The summed E-state index contributed by atoms with van der Waals surface area (Å²) >= 11 is 0. The molecule has 21 heavy (non-hydrogen) atoms. The Morgan fingerprint density at radius 1 is 1.10 bits per heavy atom.